The van der Waals surface area contributed by atoms with Crippen LogP contribution in [0.15, 0.2) is 0 Å². The van der Waals surface area contributed by atoms with Gasteiger partial charge in [0.05, 0.1) is 12.2 Å². The maximum absolute atomic E-state index is 9.18. The molecule has 2 nitrogen and oxygen atoms in total. The third-order valence-electron chi connectivity index (χ3n) is 1.69. The van der Waals surface area contributed by atoms with Gasteiger partial charge in [-0.25, -0.2) is 0 Å². The first-order chi connectivity index (χ1) is 5.70. The lowest BCUT2D eigenvalue weighted by Crippen LogP contribution is -2.13. The van der Waals surface area contributed by atoms with E-state index >= 15 is 0 Å². The number of hydrogen-bond donors (Lipinski definition) is 1. The molecule has 0 amide bonds. The molecule has 2 atom stereocenters. The van der Waals surface area contributed by atoms with E-state index in [0.29, 0.717) is 0 Å². The lowest BCUT2D eigenvalue weighted by molar-refractivity contribution is 0.0532. The van der Waals surface area contributed by atoms with Gasteiger partial charge in [-0.05, 0) is 26.2 Å². The second-order valence-electron chi connectivity index (χ2n) is 3.42. The van der Waals surface area contributed by atoms with E-state index in [9.17, 15) is 5.11 Å². The van der Waals surface area contributed by atoms with Crippen molar-refractivity contribution in [3.8, 4) is 0 Å². The fourth-order valence-electron chi connectivity index (χ4n) is 1.17. The van der Waals surface area contributed by atoms with Crippen molar-refractivity contribution < 1.29 is 9.84 Å². The molecule has 1 aliphatic rings. The molecule has 0 aromatic rings. The molecule has 1 heterocycles. The average Bonchev–Trinajstić information content (AvgIpc) is 2.15. The predicted molar refractivity (Wildman–Crippen MR) is 51.2 cm³/mol. The van der Waals surface area contributed by atoms with Crippen molar-refractivity contribution in [3.63, 3.8) is 0 Å². The van der Waals surface area contributed by atoms with Gasteiger partial charge in [-0.2, -0.15) is 0 Å². The lowest BCUT2D eigenvalue weighted by atomic mass is 10.1. The zero-order valence-corrected chi connectivity index (χ0v) is 8.55. The summed E-state index contributed by atoms with van der Waals surface area (Å²) in [4.78, 5) is 0. The van der Waals surface area contributed by atoms with Gasteiger partial charge in [0.1, 0.15) is 0 Å². The minimum atomic E-state index is -0.123. The van der Waals surface area contributed by atoms with E-state index in [1.54, 1.807) is 0 Å². The van der Waals surface area contributed by atoms with E-state index in [-0.39, 0.29) is 12.2 Å². The van der Waals surface area contributed by atoms with Crippen LogP contribution < -0.4 is 0 Å². The molecule has 74 valence electrons. The summed E-state index contributed by atoms with van der Waals surface area (Å²) >= 11 is 0. The lowest BCUT2D eigenvalue weighted by Gasteiger charge is -2.09. The molecule has 1 rings (SSSR count). The topological polar surface area (TPSA) is 29.5 Å². The van der Waals surface area contributed by atoms with Crippen LogP contribution in [0, 0.1) is 0 Å². The van der Waals surface area contributed by atoms with Gasteiger partial charge < -0.3 is 9.84 Å². The van der Waals surface area contributed by atoms with Crippen molar-refractivity contribution in [1.29, 1.82) is 0 Å². The first-order valence-electron chi connectivity index (χ1n) is 5.00. The molecule has 0 aromatic heterocycles. The van der Waals surface area contributed by atoms with Gasteiger partial charge in [0.25, 0.3) is 0 Å². The molecule has 1 aliphatic heterocycles. The van der Waals surface area contributed by atoms with Crippen molar-refractivity contribution >= 4 is 0 Å². The summed E-state index contributed by atoms with van der Waals surface area (Å²) in [5.74, 6) is 0. The van der Waals surface area contributed by atoms with Crippen LogP contribution in [0.25, 0.3) is 0 Å². The molecule has 2 heteroatoms. The van der Waals surface area contributed by atoms with Crippen LogP contribution in [0.5, 0.6) is 0 Å². The Morgan fingerprint density at radius 2 is 2.00 bits per heavy atom. The Hall–Kier alpha value is -0.0800. The van der Waals surface area contributed by atoms with Crippen LogP contribution in [0.2, 0.25) is 0 Å². The molecular weight excluding hydrogens is 152 g/mol. The maximum atomic E-state index is 9.18. The minimum Gasteiger partial charge on any atom is -0.393 e. The Morgan fingerprint density at radius 3 is 2.58 bits per heavy atom. The maximum Gasteiger partial charge on any atom is 0.0571 e. The predicted octanol–water partition coefficient (Wildman–Crippen LogP) is 2.35. The molecule has 0 bridgehead atoms. The largest absolute Gasteiger partial charge is 0.393 e. The monoisotopic (exact) mass is 174 g/mol. The number of aliphatic hydroxyl groups excluding tert-OH is 1. The highest BCUT2D eigenvalue weighted by molar-refractivity contribution is 4.64. The number of ether oxygens (including phenoxy) is 1. The minimum absolute atomic E-state index is 0.123. The SMILES string of the molecule is CC1CC(O)CCCO1.CCC. The van der Waals surface area contributed by atoms with Crippen LogP contribution in [0.1, 0.15) is 46.5 Å². The summed E-state index contributed by atoms with van der Waals surface area (Å²) in [5, 5.41) is 9.18. The van der Waals surface area contributed by atoms with Crippen LogP contribution in [-0.4, -0.2) is 23.9 Å². The van der Waals surface area contributed by atoms with Crippen LogP contribution >= 0.6 is 0 Å². The Bertz CT molecular complexity index is 83.8. The van der Waals surface area contributed by atoms with Crippen molar-refractivity contribution in [3.05, 3.63) is 0 Å². The van der Waals surface area contributed by atoms with Gasteiger partial charge >= 0.3 is 0 Å². The van der Waals surface area contributed by atoms with Crippen LogP contribution in [0.3, 0.4) is 0 Å². The summed E-state index contributed by atoms with van der Waals surface area (Å²) in [6.45, 7) is 7.08. The summed E-state index contributed by atoms with van der Waals surface area (Å²) < 4.78 is 5.31. The summed E-state index contributed by atoms with van der Waals surface area (Å²) in [6.07, 6.45) is 4.10. The zero-order valence-electron chi connectivity index (χ0n) is 8.55. The molecule has 0 aromatic carbocycles. The second kappa shape index (κ2) is 7.56. The summed E-state index contributed by atoms with van der Waals surface area (Å²) in [6, 6.07) is 0. The first-order valence-corrected chi connectivity index (χ1v) is 5.00. The van der Waals surface area contributed by atoms with Gasteiger partial charge in [-0.3, -0.25) is 0 Å². The molecule has 2 unspecified atom stereocenters. The van der Waals surface area contributed by atoms with Crippen LogP contribution in [0.4, 0.5) is 0 Å². The Kier molecular flexibility index (Phi) is 7.51. The van der Waals surface area contributed by atoms with E-state index in [1.807, 2.05) is 6.92 Å². The van der Waals surface area contributed by atoms with E-state index in [0.717, 1.165) is 25.9 Å². The molecule has 0 spiro atoms. The molecule has 0 aliphatic carbocycles. The van der Waals surface area contributed by atoms with Gasteiger partial charge in [-0.1, -0.05) is 20.3 Å². The van der Waals surface area contributed by atoms with Gasteiger partial charge in [0, 0.05) is 6.61 Å². The third kappa shape index (κ3) is 6.62. The Labute approximate surface area is 75.9 Å². The van der Waals surface area contributed by atoms with Crippen molar-refractivity contribution in [2.45, 2.75) is 58.7 Å². The van der Waals surface area contributed by atoms with Crippen molar-refractivity contribution in [2.75, 3.05) is 6.61 Å². The van der Waals surface area contributed by atoms with Crippen molar-refractivity contribution in [1.82, 2.24) is 0 Å². The van der Waals surface area contributed by atoms with Gasteiger partial charge in [0.2, 0.25) is 0 Å². The van der Waals surface area contributed by atoms with E-state index in [4.69, 9.17) is 4.74 Å². The summed E-state index contributed by atoms with van der Waals surface area (Å²) in [5.41, 5.74) is 0. The molecule has 0 radical (unpaired) electrons. The summed E-state index contributed by atoms with van der Waals surface area (Å²) in [7, 11) is 0. The quantitative estimate of drug-likeness (QED) is 0.611. The molecule has 0 saturated carbocycles. The highest BCUT2D eigenvalue weighted by atomic mass is 16.5. The second-order valence-corrected chi connectivity index (χ2v) is 3.42. The molecular formula is C10H22O2. The van der Waals surface area contributed by atoms with Gasteiger partial charge in [-0.15, -0.1) is 0 Å². The van der Waals surface area contributed by atoms with E-state index in [2.05, 4.69) is 13.8 Å². The highest BCUT2D eigenvalue weighted by Gasteiger charge is 2.13. The fourth-order valence-corrected chi connectivity index (χ4v) is 1.17. The van der Waals surface area contributed by atoms with E-state index < -0.39 is 0 Å². The number of aliphatic hydroxyl groups is 1. The molecule has 12 heavy (non-hydrogen) atoms. The first kappa shape index (κ1) is 11.9. The van der Waals surface area contributed by atoms with E-state index in [1.165, 1.54) is 6.42 Å². The molecule has 1 saturated heterocycles. The zero-order chi connectivity index (χ0) is 9.40. The smallest absolute Gasteiger partial charge is 0.0571 e. The Balaban J connectivity index is 0.000000354. The average molecular weight is 174 g/mol. The highest BCUT2D eigenvalue weighted by Crippen LogP contribution is 2.12. The standard InChI is InChI=1S/C7H14O2.C3H8/c1-6-5-7(8)3-2-4-9-6;1-3-2/h6-8H,2-5H2,1H3;3H2,1-2H3. The third-order valence-corrected chi connectivity index (χ3v) is 1.69. The number of rotatable bonds is 0. The van der Waals surface area contributed by atoms with Gasteiger partial charge in [0.15, 0.2) is 0 Å². The normalized spacial score (nSPS) is 30.0. The molecule has 1 fully saturated rings. The molecule has 1 N–H and O–H groups in total. The van der Waals surface area contributed by atoms with Crippen molar-refractivity contribution in [2.24, 2.45) is 0 Å². The number of hydrogen-bond acceptors (Lipinski definition) is 2. The van der Waals surface area contributed by atoms with Crippen LogP contribution in [-0.2, 0) is 4.74 Å². The Morgan fingerprint density at radius 1 is 1.42 bits per heavy atom. The fraction of sp³-hybridized carbons (Fsp3) is 1.00.